The molecule has 0 bridgehead atoms. The minimum Gasteiger partial charge on any atom is -0.478 e. The molecule has 18 heavy (non-hydrogen) atoms. The van der Waals surface area contributed by atoms with Gasteiger partial charge in [-0.25, -0.2) is 14.5 Å². The number of carboxylic acid groups (broad SMARTS) is 1. The molecule has 2 aromatic rings. The van der Waals surface area contributed by atoms with Crippen molar-refractivity contribution < 1.29 is 14.7 Å². The van der Waals surface area contributed by atoms with Crippen molar-refractivity contribution in [3.8, 4) is 5.82 Å². The van der Waals surface area contributed by atoms with Gasteiger partial charge in [-0.15, -0.1) is 0 Å². The molecule has 0 saturated heterocycles. The lowest BCUT2D eigenvalue weighted by molar-refractivity contribution is 0.0696. The third-order valence-corrected chi connectivity index (χ3v) is 2.30. The number of pyridine rings is 1. The zero-order valence-corrected chi connectivity index (χ0v) is 9.63. The zero-order chi connectivity index (χ0) is 13.3. The smallest absolute Gasteiger partial charge is 0.335 e. The maximum atomic E-state index is 10.9. The molecule has 0 aliphatic heterocycles. The Hall–Kier alpha value is -2.41. The Labute approximate surface area is 106 Å². The van der Waals surface area contributed by atoms with Crippen LogP contribution in [-0.4, -0.2) is 31.7 Å². The molecule has 0 spiro atoms. The van der Waals surface area contributed by atoms with Gasteiger partial charge in [-0.3, -0.25) is 4.79 Å². The van der Waals surface area contributed by atoms with Crippen LogP contribution in [-0.2, 0) is 0 Å². The number of amides is 1. The van der Waals surface area contributed by atoms with Crippen molar-refractivity contribution in [1.82, 2.24) is 14.8 Å². The van der Waals surface area contributed by atoms with Gasteiger partial charge in [0.2, 0.25) is 0 Å². The van der Waals surface area contributed by atoms with E-state index in [0.717, 1.165) is 0 Å². The van der Waals surface area contributed by atoms with Crippen LogP contribution < -0.4 is 5.73 Å². The molecule has 3 N–H and O–H groups in total. The lowest BCUT2D eigenvalue weighted by Gasteiger charge is -2.02. The molecule has 1 amide bonds. The summed E-state index contributed by atoms with van der Waals surface area (Å²) in [5, 5.41) is 12.7. The summed E-state index contributed by atoms with van der Waals surface area (Å²) in [4.78, 5) is 25.7. The van der Waals surface area contributed by atoms with Gasteiger partial charge in [-0.1, -0.05) is 11.6 Å². The van der Waals surface area contributed by atoms with Gasteiger partial charge in [0.25, 0.3) is 5.91 Å². The number of aromatic carboxylic acids is 1. The number of carbonyl (C=O) groups is 2. The Kier molecular flexibility index (Phi) is 2.99. The first kappa shape index (κ1) is 12.1. The minimum atomic E-state index is -1.14. The number of halogens is 1. The zero-order valence-electron chi connectivity index (χ0n) is 8.87. The van der Waals surface area contributed by atoms with E-state index in [9.17, 15) is 9.59 Å². The molecular weight excluding hydrogens is 260 g/mol. The molecule has 8 heteroatoms. The molecule has 2 heterocycles. The predicted molar refractivity (Wildman–Crippen MR) is 61.8 cm³/mol. The number of primary amides is 1. The van der Waals surface area contributed by atoms with Crippen LogP contribution in [0.4, 0.5) is 0 Å². The van der Waals surface area contributed by atoms with E-state index in [1.807, 2.05) is 0 Å². The normalized spacial score (nSPS) is 10.3. The van der Waals surface area contributed by atoms with E-state index in [1.54, 1.807) is 0 Å². The largest absolute Gasteiger partial charge is 0.478 e. The highest BCUT2D eigenvalue weighted by Gasteiger charge is 2.11. The fourth-order valence-corrected chi connectivity index (χ4v) is 1.51. The average Bonchev–Trinajstić information content (AvgIpc) is 2.77. The fraction of sp³-hybridized carbons (Fsp3) is 0. The van der Waals surface area contributed by atoms with E-state index in [2.05, 4.69) is 10.1 Å². The maximum Gasteiger partial charge on any atom is 0.335 e. The lowest BCUT2D eigenvalue weighted by atomic mass is 10.2. The second-order valence-corrected chi connectivity index (χ2v) is 3.74. The van der Waals surface area contributed by atoms with Gasteiger partial charge in [0.1, 0.15) is 10.8 Å². The van der Waals surface area contributed by atoms with Gasteiger partial charge >= 0.3 is 5.97 Å². The summed E-state index contributed by atoms with van der Waals surface area (Å²) >= 11 is 5.71. The van der Waals surface area contributed by atoms with Crippen molar-refractivity contribution >= 4 is 23.5 Å². The van der Waals surface area contributed by atoms with E-state index >= 15 is 0 Å². The van der Waals surface area contributed by atoms with Crippen molar-refractivity contribution in [3.05, 3.63) is 40.8 Å². The first-order valence-electron chi connectivity index (χ1n) is 4.74. The third-order valence-electron chi connectivity index (χ3n) is 2.10. The van der Waals surface area contributed by atoms with Crippen LogP contribution in [0.3, 0.4) is 0 Å². The summed E-state index contributed by atoms with van der Waals surface area (Å²) in [5.74, 6) is -1.63. The molecule has 0 radical (unpaired) electrons. The highest BCUT2D eigenvalue weighted by molar-refractivity contribution is 6.29. The molecule has 7 nitrogen and oxygen atoms in total. The van der Waals surface area contributed by atoms with Crippen LogP contribution in [0.1, 0.15) is 20.8 Å². The van der Waals surface area contributed by atoms with Gasteiger partial charge < -0.3 is 10.8 Å². The van der Waals surface area contributed by atoms with Crippen LogP contribution in [0.5, 0.6) is 0 Å². The van der Waals surface area contributed by atoms with Gasteiger partial charge in [0.15, 0.2) is 5.82 Å². The lowest BCUT2D eigenvalue weighted by Crippen LogP contribution is -2.12. The van der Waals surface area contributed by atoms with Crippen LogP contribution in [0.2, 0.25) is 5.15 Å². The van der Waals surface area contributed by atoms with Crippen LogP contribution >= 0.6 is 11.6 Å². The third kappa shape index (κ3) is 2.30. The Morgan fingerprint density at radius 3 is 2.67 bits per heavy atom. The highest BCUT2D eigenvalue weighted by atomic mass is 35.5. The first-order valence-corrected chi connectivity index (χ1v) is 5.12. The van der Waals surface area contributed by atoms with E-state index in [-0.39, 0.29) is 22.2 Å². The molecule has 92 valence electrons. The summed E-state index contributed by atoms with van der Waals surface area (Å²) in [6, 6.07) is 3.89. The molecule has 0 aliphatic carbocycles. The van der Waals surface area contributed by atoms with E-state index in [0.29, 0.717) is 0 Å². The summed E-state index contributed by atoms with van der Waals surface area (Å²) in [7, 11) is 0. The molecule has 0 aliphatic rings. The monoisotopic (exact) mass is 266 g/mol. The van der Waals surface area contributed by atoms with Crippen molar-refractivity contribution in [1.29, 1.82) is 0 Å². The average molecular weight is 267 g/mol. The SMILES string of the molecule is NC(=O)c1ccn(-c2cc(C(=O)O)cc(Cl)n2)n1. The van der Waals surface area contributed by atoms with Crippen molar-refractivity contribution in [2.24, 2.45) is 5.73 Å². The molecule has 0 atom stereocenters. The number of nitrogens with two attached hydrogens (primary N) is 1. The second-order valence-electron chi connectivity index (χ2n) is 3.35. The van der Waals surface area contributed by atoms with Crippen LogP contribution in [0.15, 0.2) is 24.4 Å². The molecule has 2 aromatic heterocycles. The standard InChI is InChI=1S/C10H7ClN4O3/c11-7-3-5(10(17)18)4-8(13-7)15-2-1-6(14-15)9(12)16/h1-4H,(H2,12,16)(H,17,18). The molecule has 0 unspecified atom stereocenters. The topological polar surface area (TPSA) is 111 Å². The second kappa shape index (κ2) is 4.46. The highest BCUT2D eigenvalue weighted by Crippen LogP contribution is 2.14. The fourth-order valence-electron chi connectivity index (χ4n) is 1.31. The summed E-state index contributed by atoms with van der Waals surface area (Å²) < 4.78 is 1.22. The van der Waals surface area contributed by atoms with E-state index in [1.165, 1.54) is 29.1 Å². The summed E-state index contributed by atoms with van der Waals surface area (Å²) in [5.41, 5.74) is 5.08. The maximum absolute atomic E-state index is 10.9. The molecule has 0 fully saturated rings. The number of rotatable bonds is 3. The Morgan fingerprint density at radius 1 is 1.39 bits per heavy atom. The van der Waals surface area contributed by atoms with Crippen molar-refractivity contribution in [3.63, 3.8) is 0 Å². The number of hydrogen-bond donors (Lipinski definition) is 2. The quantitative estimate of drug-likeness (QED) is 0.795. The molecule has 2 rings (SSSR count). The van der Waals surface area contributed by atoms with E-state index in [4.69, 9.17) is 22.4 Å². The minimum absolute atomic E-state index is 0.0148. The number of aromatic nitrogens is 3. The number of carbonyl (C=O) groups excluding carboxylic acids is 1. The van der Waals surface area contributed by atoms with E-state index < -0.39 is 11.9 Å². The Balaban J connectivity index is 2.49. The van der Waals surface area contributed by atoms with Gasteiger partial charge in [-0.05, 0) is 18.2 Å². The summed E-state index contributed by atoms with van der Waals surface area (Å²) in [6.07, 6.45) is 1.43. The van der Waals surface area contributed by atoms with Crippen LogP contribution in [0, 0.1) is 0 Å². The predicted octanol–water partition coefficient (Wildman–Crippen LogP) is 0.718. The molecular formula is C10H7ClN4O3. The molecule has 0 saturated carbocycles. The van der Waals surface area contributed by atoms with Crippen LogP contribution in [0.25, 0.3) is 5.82 Å². The number of carboxylic acids is 1. The van der Waals surface area contributed by atoms with Gasteiger partial charge in [0.05, 0.1) is 5.56 Å². The van der Waals surface area contributed by atoms with Gasteiger partial charge in [0, 0.05) is 6.20 Å². The Bertz CT molecular complexity index is 638. The summed E-state index contributed by atoms with van der Waals surface area (Å²) in [6.45, 7) is 0. The first-order chi connectivity index (χ1) is 8.47. The van der Waals surface area contributed by atoms with Crippen molar-refractivity contribution in [2.75, 3.05) is 0 Å². The molecule has 0 aromatic carbocycles. The number of nitrogens with zero attached hydrogens (tertiary/aromatic N) is 3. The Morgan fingerprint density at radius 2 is 2.11 bits per heavy atom. The number of hydrogen-bond acceptors (Lipinski definition) is 4. The van der Waals surface area contributed by atoms with Gasteiger partial charge in [-0.2, -0.15) is 5.10 Å². The van der Waals surface area contributed by atoms with Crippen molar-refractivity contribution in [2.45, 2.75) is 0 Å².